The van der Waals surface area contributed by atoms with E-state index in [9.17, 15) is 54.3 Å². The number of carbonyl (C=O) groups excluding carboxylic acids is 2. The van der Waals surface area contributed by atoms with Crippen molar-refractivity contribution >= 4 is 23.9 Å². The van der Waals surface area contributed by atoms with E-state index in [1.807, 2.05) is 6.92 Å². The average molecular weight is 810 g/mol. The molecule has 0 radical (unpaired) electrons. The molecule has 3 aliphatic carbocycles. The highest BCUT2D eigenvalue weighted by Crippen LogP contribution is 2.44. The number of carboxylic acids is 2. The Morgan fingerprint density at radius 1 is 0.655 bits per heavy atom. The van der Waals surface area contributed by atoms with E-state index in [0.717, 1.165) is 0 Å². The molecule has 0 aromatic heterocycles. The summed E-state index contributed by atoms with van der Waals surface area (Å²) in [5.41, 5.74) is 0. The van der Waals surface area contributed by atoms with Crippen LogP contribution < -0.4 is 5.32 Å². The van der Waals surface area contributed by atoms with Crippen molar-refractivity contribution in [1.82, 2.24) is 5.32 Å². The van der Waals surface area contributed by atoms with E-state index in [2.05, 4.69) is 10.1 Å². The van der Waals surface area contributed by atoms with Gasteiger partial charge in [0.15, 0.2) is 0 Å². The Kier molecular flexibility index (Phi) is 20.6. The SMILES string of the molecule is CC(CC(=O)O)C1CC(F)(F)CN1.CC(CC(=O)O)C1CCC(F)(F)C1.CCOC(=O)C=CC1CCC(F)(F)C1.CCOC(=O)CC(C)C1CCC(F)(F)C1. The standard InChI is InChI=1S/C11H18F2O2.C10H14F2O2.C9H14F2O2.C8H13F2NO2/c1-3-15-10(14)6-8(2)9-4-5-11(12,13)7-9;1-2-14-9(13)4-3-8-5-6-10(11,12)7-8;1-6(4-8(12)13)7-2-3-9(10,11)5-7;1-5(2-7(12)13)6-3-8(9,10)4-11-6/h8-9H,3-7H2,1-2H3;3-4,8H,2,5-7H2,1H3;6-7H,2-5H2,1H3,(H,12,13);5-6,11H,2-4H2,1H3,(H,12,13). The number of alkyl halides is 8. The first-order valence-corrected chi connectivity index (χ1v) is 19.0. The minimum atomic E-state index is -2.67. The molecule has 3 saturated carbocycles. The predicted octanol–water partition coefficient (Wildman–Crippen LogP) is 9.18. The number of esters is 2. The van der Waals surface area contributed by atoms with Crippen LogP contribution in [0.2, 0.25) is 0 Å². The molecular formula is C38H59F8NO8. The maximum Gasteiger partial charge on any atom is 0.330 e. The lowest BCUT2D eigenvalue weighted by Crippen LogP contribution is -2.30. The second kappa shape index (κ2) is 22.7. The van der Waals surface area contributed by atoms with Crippen LogP contribution in [0, 0.1) is 35.5 Å². The van der Waals surface area contributed by atoms with E-state index in [-0.39, 0.29) is 118 Å². The van der Waals surface area contributed by atoms with Crippen LogP contribution in [-0.4, -0.2) is 83.6 Å². The van der Waals surface area contributed by atoms with E-state index >= 15 is 0 Å². The Morgan fingerprint density at radius 3 is 1.49 bits per heavy atom. The number of allylic oxidation sites excluding steroid dienone is 1. The van der Waals surface area contributed by atoms with Gasteiger partial charge in [0.1, 0.15) is 0 Å². The van der Waals surface area contributed by atoms with Crippen molar-refractivity contribution in [3.63, 3.8) is 0 Å². The fourth-order valence-corrected chi connectivity index (χ4v) is 7.15. The smallest absolute Gasteiger partial charge is 0.330 e. The first kappa shape index (κ1) is 50.0. The third-order valence-electron chi connectivity index (χ3n) is 10.3. The van der Waals surface area contributed by atoms with Gasteiger partial charge >= 0.3 is 23.9 Å². The summed E-state index contributed by atoms with van der Waals surface area (Å²) in [7, 11) is 0. The van der Waals surface area contributed by atoms with Gasteiger partial charge in [-0.1, -0.05) is 26.8 Å². The molecule has 9 nitrogen and oxygen atoms in total. The van der Waals surface area contributed by atoms with Gasteiger partial charge < -0.3 is 25.0 Å². The molecular weight excluding hydrogens is 750 g/mol. The highest BCUT2D eigenvalue weighted by atomic mass is 19.3. The molecule has 4 rings (SSSR count). The van der Waals surface area contributed by atoms with Gasteiger partial charge in [-0.05, 0) is 68.6 Å². The molecule has 1 saturated heterocycles. The molecule has 0 aromatic carbocycles. The molecule has 4 fully saturated rings. The number of carboxylic acid groups (broad SMARTS) is 2. The topological polar surface area (TPSA) is 139 Å². The van der Waals surface area contributed by atoms with Crippen LogP contribution in [0.3, 0.4) is 0 Å². The summed E-state index contributed by atoms with van der Waals surface area (Å²) in [6.45, 7) is 9.04. The molecule has 17 heteroatoms. The van der Waals surface area contributed by atoms with Gasteiger partial charge in [0.25, 0.3) is 5.92 Å². The highest BCUT2D eigenvalue weighted by Gasteiger charge is 2.43. The summed E-state index contributed by atoms with van der Waals surface area (Å²) < 4.78 is 112. The number of carbonyl (C=O) groups is 4. The van der Waals surface area contributed by atoms with E-state index in [1.54, 1.807) is 27.7 Å². The fraction of sp³-hybridized carbons (Fsp3) is 0.842. The summed E-state index contributed by atoms with van der Waals surface area (Å²) in [5, 5.41) is 19.6. The highest BCUT2D eigenvalue weighted by molar-refractivity contribution is 5.81. The summed E-state index contributed by atoms with van der Waals surface area (Å²) in [6.07, 6.45) is 3.59. The number of ether oxygens (including phenoxy) is 2. The number of nitrogens with one attached hydrogen (secondary N) is 1. The van der Waals surface area contributed by atoms with Crippen molar-refractivity contribution in [3.05, 3.63) is 12.2 Å². The summed E-state index contributed by atoms with van der Waals surface area (Å²) in [5.74, 6) is -13.6. The number of halogens is 8. The van der Waals surface area contributed by atoms with Crippen LogP contribution in [0.5, 0.6) is 0 Å². The number of hydrogen-bond donors (Lipinski definition) is 3. The average Bonchev–Trinajstić information content (AvgIpc) is 3.81. The molecule has 0 bridgehead atoms. The maximum atomic E-state index is 12.9. The van der Waals surface area contributed by atoms with E-state index in [1.165, 1.54) is 12.2 Å². The molecule has 0 spiro atoms. The van der Waals surface area contributed by atoms with Crippen LogP contribution in [0.25, 0.3) is 0 Å². The lowest BCUT2D eigenvalue weighted by Gasteiger charge is -2.18. The first-order chi connectivity index (χ1) is 25.3. The summed E-state index contributed by atoms with van der Waals surface area (Å²) in [6, 6.07) is -0.369. The Balaban J connectivity index is 0.000000367. The molecule has 0 amide bonds. The van der Waals surface area contributed by atoms with Crippen LogP contribution in [0.1, 0.15) is 118 Å². The molecule has 4 aliphatic rings. The van der Waals surface area contributed by atoms with Gasteiger partial charge in [-0.25, -0.2) is 39.9 Å². The molecule has 3 N–H and O–H groups in total. The Bertz CT molecular complexity index is 1210. The van der Waals surface area contributed by atoms with Gasteiger partial charge in [0.2, 0.25) is 17.8 Å². The monoisotopic (exact) mass is 809 g/mol. The Hall–Kier alpha value is -2.98. The lowest BCUT2D eigenvalue weighted by molar-refractivity contribution is -0.144. The van der Waals surface area contributed by atoms with Gasteiger partial charge in [0, 0.05) is 76.3 Å². The molecule has 1 heterocycles. The van der Waals surface area contributed by atoms with Gasteiger partial charge in [-0.3, -0.25) is 14.4 Å². The number of hydrogen-bond acceptors (Lipinski definition) is 7. The van der Waals surface area contributed by atoms with E-state index in [0.29, 0.717) is 32.5 Å². The predicted molar refractivity (Wildman–Crippen MR) is 187 cm³/mol. The first-order valence-electron chi connectivity index (χ1n) is 19.0. The number of aliphatic carboxylic acids is 2. The zero-order valence-electron chi connectivity index (χ0n) is 32.4. The quantitative estimate of drug-likeness (QED) is 0.0945. The molecule has 320 valence electrons. The molecule has 1 aliphatic heterocycles. The lowest BCUT2D eigenvalue weighted by atomic mass is 9.90. The summed E-state index contributed by atoms with van der Waals surface area (Å²) in [4.78, 5) is 42.7. The molecule has 0 aromatic rings. The van der Waals surface area contributed by atoms with Crippen molar-refractivity contribution in [2.75, 3.05) is 19.8 Å². The van der Waals surface area contributed by atoms with Crippen LogP contribution in [0.15, 0.2) is 12.2 Å². The Morgan fingerprint density at radius 2 is 1.11 bits per heavy atom. The second-order valence-corrected chi connectivity index (χ2v) is 15.4. The zero-order chi connectivity index (χ0) is 42.2. The second-order valence-electron chi connectivity index (χ2n) is 15.4. The van der Waals surface area contributed by atoms with Crippen molar-refractivity contribution in [1.29, 1.82) is 0 Å². The van der Waals surface area contributed by atoms with E-state index < -0.39 is 41.6 Å². The zero-order valence-corrected chi connectivity index (χ0v) is 32.4. The van der Waals surface area contributed by atoms with Crippen LogP contribution >= 0.6 is 0 Å². The van der Waals surface area contributed by atoms with Gasteiger partial charge in [-0.15, -0.1) is 0 Å². The molecule has 7 unspecified atom stereocenters. The van der Waals surface area contributed by atoms with Gasteiger partial charge in [-0.2, -0.15) is 0 Å². The molecule has 55 heavy (non-hydrogen) atoms. The minimum Gasteiger partial charge on any atom is -0.481 e. The van der Waals surface area contributed by atoms with E-state index in [4.69, 9.17) is 14.9 Å². The number of rotatable bonds is 13. The minimum absolute atomic E-state index is 0.000741. The normalized spacial score (nSPS) is 27.2. The third-order valence-corrected chi connectivity index (χ3v) is 10.3. The van der Waals surface area contributed by atoms with Crippen LogP contribution in [0.4, 0.5) is 35.1 Å². The van der Waals surface area contributed by atoms with Crippen molar-refractivity contribution < 1.29 is 74.0 Å². The van der Waals surface area contributed by atoms with Crippen LogP contribution in [-0.2, 0) is 28.7 Å². The maximum absolute atomic E-state index is 12.9. The summed E-state index contributed by atoms with van der Waals surface area (Å²) >= 11 is 0. The third kappa shape index (κ3) is 21.2. The fourth-order valence-electron chi connectivity index (χ4n) is 7.15. The van der Waals surface area contributed by atoms with Crippen molar-refractivity contribution in [3.8, 4) is 0 Å². The van der Waals surface area contributed by atoms with Crippen molar-refractivity contribution in [2.45, 2.75) is 148 Å². The Labute approximate surface area is 318 Å². The van der Waals surface area contributed by atoms with Crippen molar-refractivity contribution in [2.24, 2.45) is 35.5 Å². The molecule has 7 atom stereocenters. The largest absolute Gasteiger partial charge is 0.481 e. The van der Waals surface area contributed by atoms with Gasteiger partial charge in [0.05, 0.1) is 19.8 Å².